The molecule has 94 valence electrons. The van der Waals surface area contributed by atoms with Gasteiger partial charge in [-0.3, -0.25) is 4.79 Å². The molecule has 0 heterocycles. The minimum atomic E-state index is -3.24. The molecule has 0 aliphatic heterocycles. The lowest BCUT2D eigenvalue weighted by atomic mass is 10.1. The normalized spacial score (nSPS) is 13.1. The van der Waals surface area contributed by atoms with Gasteiger partial charge in [-0.1, -0.05) is 12.1 Å². The fourth-order valence-corrected chi connectivity index (χ4v) is 2.08. The minimum Gasteiger partial charge on any atom is -0.468 e. The average molecular weight is 257 g/mol. The Labute approximate surface area is 100 Å². The second-order valence-corrected chi connectivity index (χ2v) is 5.77. The van der Waals surface area contributed by atoms with Crippen molar-refractivity contribution in [2.75, 3.05) is 13.4 Å². The standard InChI is InChI=1S/C11H15NO4S/c1-16-11(13)10(12)7-8-4-3-5-9(6-8)17(2,14)15/h3-6,10H,7,12H2,1-2H3/t10-/m0/s1. The van der Waals surface area contributed by atoms with Crippen LogP contribution in [-0.4, -0.2) is 33.8 Å². The summed E-state index contributed by atoms with van der Waals surface area (Å²) in [5, 5.41) is 0. The number of ether oxygens (including phenoxy) is 1. The van der Waals surface area contributed by atoms with E-state index in [1.54, 1.807) is 12.1 Å². The van der Waals surface area contributed by atoms with Crippen molar-refractivity contribution in [2.24, 2.45) is 5.73 Å². The average Bonchev–Trinajstić information content (AvgIpc) is 2.27. The maximum absolute atomic E-state index is 11.3. The summed E-state index contributed by atoms with van der Waals surface area (Å²) in [7, 11) is -1.98. The third-order valence-electron chi connectivity index (χ3n) is 2.29. The Balaban J connectivity index is 2.90. The summed E-state index contributed by atoms with van der Waals surface area (Å²) in [5.74, 6) is -0.519. The molecule has 0 amide bonds. The number of hydrogen-bond acceptors (Lipinski definition) is 5. The molecule has 1 aromatic rings. The van der Waals surface area contributed by atoms with Crippen LogP contribution in [0.25, 0.3) is 0 Å². The Kier molecular flexibility index (Phi) is 4.25. The van der Waals surface area contributed by atoms with E-state index in [0.29, 0.717) is 5.56 Å². The van der Waals surface area contributed by atoms with Crippen LogP contribution in [0.5, 0.6) is 0 Å². The maximum Gasteiger partial charge on any atom is 0.322 e. The van der Waals surface area contributed by atoms with Crippen LogP contribution in [0.2, 0.25) is 0 Å². The quantitative estimate of drug-likeness (QED) is 0.775. The summed E-state index contributed by atoms with van der Waals surface area (Å²) in [5.41, 5.74) is 6.28. The van der Waals surface area contributed by atoms with Crippen molar-refractivity contribution in [1.29, 1.82) is 0 Å². The molecule has 0 saturated heterocycles. The van der Waals surface area contributed by atoms with Gasteiger partial charge in [0.2, 0.25) is 0 Å². The molecule has 1 rings (SSSR count). The van der Waals surface area contributed by atoms with Gasteiger partial charge in [0.1, 0.15) is 6.04 Å². The molecule has 0 aliphatic carbocycles. The zero-order valence-corrected chi connectivity index (χ0v) is 10.5. The van der Waals surface area contributed by atoms with Gasteiger partial charge in [0, 0.05) is 6.26 Å². The van der Waals surface area contributed by atoms with Crippen molar-refractivity contribution in [3.05, 3.63) is 29.8 Å². The molecule has 0 fully saturated rings. The first kappa shape index (κ1) is 13.7. The van der Waals surface area contributed by atoms with Gasteiger partial charge in [-0.05, 0) is 24.1 Å². The predicted octanol–water partition coefficient (Wildman–Crippen LogP) is 0.133. The van der Waals surface area contributed by atoms with Gasteiger partial charge in [0.25, 0.3) is 0 Å². The van der Waals surface area contributed by atoms with Crippen molar-refractivity contribution in [3.8, 4) is 0 Å². The molecule has 0 aliphatic rings. The van der Waals surface area contributed by atoms with Gasteiger partial charge in [-0.15, -0.1) is 0 Å². The van der Waals surface area contributed by atoms with Crippen molar-refractivity contribution < 1.29 is 17.9 Å². The summed E-state index contributed by atoms with van der Waals surface area (Å²) < 4.78 is 27.2. The van der Waals surface area contributed by atoms with E-state index in [1.807, 2.05) is 0 Å². The molecule has 0 bridgehead atoms. The van der Waals surface area contributed by atoms with Crippen LogP contribution >= 0.6 is 0 Å². The number of rotatable bonds is 4. The van der Waals surface area contributed by atoms with E-state index in [-0.39, 0.29) is 11.3 Å². The second-order valence-electron chi connectivity index (χ2n) is 3.75. The molecule has 1 aromatic carbocycles. The first-order valence-corrected chi connectivity index (χ1v) is 6.86. The van der Waals surface area contributed by atoms with Gasteiger partial charge in [0.15, 0.2) is 9.84 Å². The Bertz CT molecular complexity index is 510. The van der Waals surface area contributed by atoms with Crippen LogP contribution < -0.4 is 5.73 Å². The topological polar surface area (TPSA) is 86.5 Å². The smallest absolute Gasteiger partial charge is 0.322 e. The van der Waals surface area contributed by atoms with E-state index in [0.717, 1.165) is 6.26 Å². The number of sulfone groups is 1. The lowest BCUT2D eigenvalue weighted by Crippen LogP contribution is -2.33. The summed E-state index contributed by atoms with van der Waals surface area (Å²) in [6.45, 7) is 0. The highest BCUT2D eigenvalue weighted by molar-refractivity contribution is 7.90. The Hall–Kier alpha value is -1.40. The Morgan fingerprint density at radius 3 is 2.65 bits per heavy atom. The van der Waals surface area contributed by atoms with Crippen LogP contribution in [0.1, 0.15) is 5.56 Å². The molecule has 0 radical (unpaired) electrons. The van der Waals surface area contributed by atoms with Crippen molar-refractivity contribution in [2.45, 2.75) is 17.4 Å². The number of nitrogens with two attached hydrogens (primary N) is 1. The summed E-state index contributed by atoms with van der Waals surface area (Å²) >= 11 is 0. The van der Waals surface area contributed by atoms with Gasteiger partial charge < -0.3 is 10.5 Å². The largest absolute Gasteiger partial charge is 0.468 e. The van der Waals surface area contributed by atoms with E-state index in [1.165, 1.54) is 19.2 Å². The third kappa shape index (κ3) is 3.83. The van der Waals surface area contributed by atoms with Crippen LogP contribution in [0.15, 0.2) is 29.2 Å². The van der Waals surface area contributed by atoms with Gasteiger partial charge in [-0.2, -0.15) is 0 Å². The molecule has 0 aromatic heterocycles. The lowest BCUT2D eigenvalue weighted by molar-refractivity contribution is -0.142. The van der Waals surface area contributed by atoms with Crippen LogP contribution in [0.3, 0.4) is 0 Å². The summed E-state index contributed by atoms with van der Waals surface area (Å²) in [6.07, 6.45) is 1.38. The zero-order valence-electron chi connectivity index (χ0n) is 9.71. The maximum atomic E-state index is 11.3. The van der Waals surface area contributed by atoms with Crippen LogP contribution in [0, 0.1) is 0 Å². The molecule has 2 N–H and O–H groups in total. The van der Waals surface area contributed by atoms with Gasteiger partial charge in [-0.25, -0.2) is 8.42 Å². The first-order chi connectivity index (χ1) is 7.84. The van der Waals surface area contributed by atoms with Crippen molar-refractivity contribution >= 4 is 15.8 Å². The fraction of sp³-hybridized carbons (Fsp3) is 0.364. The number of carbonyl (C=O) groups excluding carboxylic acids is 1. The molecule has 6 heteroatoms. The zero-order chi connectivity index (χ0) is 13.1. The third-order valence-corrected chi connectivity index (χ3v) is 3.40. The van der Waals surface area contributed by atoms with E-state index >= 15 is 0 Å². The summed E-state index contributed by atoms with van der Waals surface area (Å²) in [6, 6.07) is 5.57. The number of carbonyl (C=O) groups is 1. The SMILES string of the molecule is COC(=O)[C@@H](N)Cc1cccc(S(C)(=O)=O)c1. The highest BCUT2D eigenvalue weighted by atomic mass is 32.2. The molecule has 0 spiro atoms. The van der Waals surface area contributed by atoms with E-state index < -0.39 is 21.8 Å². The highest BCUT2D eigenvalue weighted by Gasteiger charge is 2.15. The van der Waals surface area contributed by atoms with Crippen molar-refractivity contribution in [1.82, 2.24) is 0 Å². The number of benzene rings is 1. The van der Waals surface area contributed by atoms with Crippen LogP contribution in [0.4, 0.5) is 0 Å². The number of hydrogen-bond donors (Lipinski definition) is 1. The molecular formula is C11H15NO4S. The van der Waals surface area contributed by atoms with E-state index in [4.69, 9.17) is 5.73 Å². The van der Waals surface area contributed by atoms with E-state index in [2.05, 4.69) is 4.74 Å². The monoisotopic (exact) mass is 257 g/mol. The molecule has 17 heavy (non-hydrogen) atoms. The lowest BCUT2D eigenvalue weighted by Gasteiger charge is -2.09. The molecule has 0 unspecified atom stereocenters. The minimum absolute atomic E-state index is 0.215. The molecule has 0 saturated carbocycles. The van der Waals surface area contributed by atoms with Gasteiger partial charge >= 0.3 is 5.97 Å². The first-order valence-electron chi connectivity index (χ1n) is 4.97. The van der Waals surface area contributed by atoms with Crippen LogP contribution in [-0.2, 0) is 25.8 Å². The highest BCUT2D eigenvalue weighted by Crippen LogP contribution is 2.12. The predicted molar refractivity (Wildman–Crippen MR) is 63.2 cm³/mol. The summed E-state index contributed by atoms with van der Waals surface area (Å²) in [4.78, 5) is 11.3. The molecular weight excluding hydrogens is 242 g/mol. The molecule has 1 atom stereocenters. The molecule has 5 nitrogen and oxygen atoms in total. The van der Waals surface area contributed by atoms with Crippen molar-refractivity contribution in [3.63, 3.8) is 0 Å². The van der Waals surface area contributed by atoms with Gasteiger partial charge in [0.05, 0.1) is 12.0 Å². The number of methoxy groups -OCH3 is 1. The Morgan fingerprint density at radius 1 is 1.47 bits per heavy atom. The Morgan fingerprint density at radius 2 is 2.12 bits per heavy atom. The van der Waals surface area contributed by atoms with E-state index in [9.17, 15) is 13.2 Å². The second kappa shape index (κ2) is 5.29. The fourth-order valence-electron chi connectivity index (χ4n) is 1.39. The number of esters is 1.